The van der Waals surface area contributed by atoms with Crippen molar-refractivity contribution in [3.63, 3.8) is 0 Å². The molecule has 0 aliphatic carbocycles. The Bertz CT molecular complexity index is 186. The number of carbonyl (C=O) groups is 1. The van der Waals surface area contributed by atoms with Crippen LogP contribution in [0.2, 0.25) is 0 Å². The van der Waals surface area contributed by atoms with Gasteiger partial charge in [-0.1, -0.05) is 0 Å². The highest BCUT2D eigenvalue weighted by Crippen LogP contribution is 1.87. The summed E-state index contributed by atoms with van der Waals surface area (Å²) >= 11 is 0. The van der Waals surface area contributed by atoms with Crippen LogP contribution in [0.5, 0.6) is 0 Å². The second kappa shape index (κ2) is 8.64. The lowest BCUT2D eigenvalue weighted by Crippen LogP contribution is -2.43. The van der Waals surface area contributed by atoms with Gasteiger partial charge in [0, 0.05) is 52.4 Å². The minimum atomic E-state index is 0.244. The predicted octanol–water partition coefficient (Wildman–Crippen LogP) is -1.34. The highest BCUT2D eigenvalue weighted by atomic mass is 16.1. The molecule has 1 aliphatic heterocycles. The standard InChI is InChI=1S/C11H24N4O/c1-11(16)10-15-8-6-13-4-2-12-3-5-14-7-9-15/h12-14H,2-10H2,1H3. The van der Waals surface area contributed by atoms with Gasteiger partial charge in [-0.15, -0.1) is 0 Å². The van der Waals surface area contributed by atoms with Crippen molar-refractivity contribution in [2.45, 2.75) is 6.92 Å². The van der Waals surface area contributed by atoms with E-state index in [2.05, 4.69) is 20.9 Å². The second-order valence-electron chi connectivity index (χ2n) is 4.23. The molecular weight excluding hydrogens is 204 g/mol. The van der Waals surface area contributed by atoms with Gasteiger partial charge in [0.15, 0.2) is 0 Å². The molecule has 1 rings (SSSR count). The molecule has 0 spiro atoms. The van der Waals surface area contributed by atoms with Crippen LogP contribution in [0.4, 0.5) is 0 Å². The number of carbonyl (C=O) groups excluding carboxylic acids is 1. The van der Waals surface area contributed by atoms with Crippen LogP contribution in [0, 0.1) is 0 Å². The van der Waals surface area contributed by atoms with Crippen molar-refractivity contribution in [3.05, 3.63) is 0 Å². The minimum absolute atomic E-state index is 0.244. The van der Waals surface area contributed by atoms with Gasteiger partial charge < -0.3 is 16.0 Å². The van der Waals surface area contributed by atoms with Crippen LogP contribution in [-0.2, 0) is 4.79 Å². The quantitative estimate of drug-likeness (QED) is 0.546. The van der Waals surface area contributed by atoms with E-state index < -0.39 is 0 Å². The lowest BCUT2D eigenvalue weighted by Gasteiger charge is -2.22. The third-order valence-corrected chi connectivity index (χ3v) is 2.61. The highest BCUT2D eigenvalue weighted by Gasteiger charge is 2.07. The van der Waals surface area contributed by atoms with Gasteiger partial charge in [-0.3, -0.25) is 9.69 Å². The molecule has 0 unspecified atom stereocenters. The van der Waals surface area contributed by atoms with Crippen molar-refractivity contribution in [2.24, 2.45) is 0 Å². The third-order valence-electron chi connectivity index (χ3n) is 2.61. The molecular formula is C11H24N4O. The van der Waals surface area contributed by atoms with Gasteiger partial charge in [0.05, 0.1) is 6.54 Å². The van der Waals surface area contributed by atoms with E-state index in [0.29, 0.717) is 6.54 Å². The summed E-state index contributed by atoms with van der Waals surface area (Å²) in [7, 11) is 0. The summed E-state index contributed by atoms with van der Waals surface area (Å²) in [6.07, 6.45) is 0. The van der Waals surface area contributed by atoms with Crippen LogP contribution < -0.4 is 16.0 Å². The normalized spacial score (nSPS) is 22.1. The van der Waals surface area contributed by atoms with Gasteiger partial charge in [0.1, 0.15) is 5.78 Å². The Hall–Kier alpha value is -0.490. The monoisotopic (exact) mass is 228 g/mol. The van der Waals surface area contributed by atoms with Crippen molar-refractivity contribution >= 4 is 5.78 Å². The largest absolute Gasteiger partial charge is 0.314 e. The molecule has 3 N–H and O–H groups in total. The Morgan fingerprint density at radius 3 is 1.81 bits per heavy atom. The summed E-state index contributed by atoms with van der Waals surface area (Å²) < 4.78 is 0. The van der Waals surface area contributed by atoms with Gasteiger partial charge in [-0.05, 0) is 6.92 Å². The van der Waals surface area contributed by atoms with E-state index in [-0.39, 0.29) is 5.78 Å². The summed E-state index contributed by atoms with van der Waals surface area (Å²) in [4.78, 5) is 13.3. The number of nitrogens with zero attached hydrogens (tertiary/aromatic N) is 1. The van der Waals surface area contributed by atoms with Crippen LogP contribution in [0.15, 0.2) is 0 Å². The van der Waals surface area contributed by atoms with Gasteiger partial charge in [-0.2, -0.15) is 0 Å². The number of rotatable bonds is 2. The van der Waals surface area contributed by atoms with Crippen molar-refractivity contribution in [1.82, 2.24) is 20.9 Å². The Balaban J connectivity index is 2.27. The van der Waals surface area contributed by atoms with E-state index in [1.54, 1.807) is 6.92 Å². The maximum atomic E-state index is 11.1. The van der Waals surface area contributed by atoms with Crippen molar-refractivity contribution in [3.8, 4) is 0 Å². The molecule has 0 saturated carbocycles. The first kappa shape index (κ1) is 13.6. The first-order valence-electron chi connectivity index (χ1n) is 6.13. The molecule has 0 aromatic rings. The van der Waals surface area contributed by atoms with Gasteiger partial charge >= 0.3 is 0 Å². The van der Waals surface area contributed by atoms with E-state index >= 15 is 0 Å². The first-order valence-corrected chi connectivity index (χ1v) is 6.13. The first-order chi connectivity index (χ1) is 7.79. The number of ketones is 1. The second-order valence-corrected chi connectivity index (χ2v) is 4.23. The van der Waals surface area contributed by atoms with Gasteiger partial charge in [0.2, 0.25) is 0 Å². The van der Waals surface area contributed by atoms with E-state index in [1.165, 1.54) is 0 Å². The Morgan fingerprint density at radius 1 is 0.938 bits per heavy atom. The number of hydrogen-bond donors (Lipinski definition) is 3. The lowest BCUT2D eigenvalue weighted by molar-refractivity contribution is -0.118. The van der Waals surface area contributed by atoms with Crippen molar-refractivity contribution in [1.29, 1.82) is 0 Å². The maximum Gasteiger partial charge on any atom is 0.143 e. The van der Waals surface area contributed by atoms with Gasteiger partial charge in [0.25, 0.3) is 0 Å². The molecule has 0 aromatic heterocycles. The van der Waals surface area contributed by atoms with Crippen LogP contribution in [0.1, 0.15) is 6.92 Å². The Kier molecular flexibility index (Phi) is 7.33. The predicted molar refractivity (Wildman–Crippen MR) is 65.7 cm³/mol. The molecule has 5 nitrogen and oxygen atoms in total. The summed E-state index contributed by atoms with van der Waals surface area (Å²) in [5, 5.41) is 10.1. The molecule has 1 saturated heterocycles. The van der Waals surface area contributed by atoms with Crippen LogP contribution >= 0.6 is 0 Å². The van der Waals surface area contributed by atoms with Crippen molar-refractivity contribution in [2.75, 3.05) is 58.9 Å². The summed E-state index contributed by atoms with van der Waals surface area (Å²) in [6.45, 7) is 10.0. The minimum Gasteiger partial charge on any atom is -0.314 e. The highest BCUT2D eigenvalue weighted by molar-refractivity contribution is 5.77. The SMILES string of the molecule is CC(=O)CN1CCNCCNCCNCC1. The molecule has 0 amide bonds. The molecule has 1 heterocycles. The van der Waals surface area contributed by atoms with E-state index in [4.69, 9.17) is 0 Å². The topological polar surface area (TPSA) is 56.4 Å². The summed E-state index contributed by atoms with van der Waals surface area (Å²) in [5.41, 5.74) is 0. The van der Waals surface area contributed by atoms with Crippen molar-refractivity contribution < 1.29 is 4.79 Å². The molecule has 0 radical (unpaired) electrons. The average molecular weight is 228 g/mol. The molecule has 1 aliphatic rings. The third kappa shape index (κ3) is 6.90. The summed E-state index contributed by atoms with van der Waals surface area (Å²) in [6, 6.07) is 0. The van der Waals surface area contributed by atoms with Crippen LogP contribution in [0.3, 0.4) is 0 Å². The summed E-state index contributed by atoms with van der Waals surface area (Å²) in [5.74, 6) is 0.244. The molecule has 94 valence electrons. The van der Waals surface area contributed by atoms with Crippen LogP contribution in [-0.4, -0.2) is 69.6 Å². The zero-order chi connectivity index (χ0) is 11.6. The smallest absolute Gasteiger partial charge is 0.143 e. The lowest BCUT2D eigenvalue weighted by atomic mass is 10.3. The van der Waals surface area contributed by atoms with E-state index in [1.807, 2.05) is 0 Å². The van der Waals surface area contributed by atoms with E-state index in [0.717, 1.165) is 52.4 Å². The fraction of sp³-hybridized carbons (Fsp3) is 0.909. The fourth-order valence-electron chi connectivity index (χ4n) is 1.79. The average Bonchev–Trinajstić information content (AvgIpc) is 2.21. The molecule has 0 aromatic carbocycles. The number of nitrogens with one attached hydrogen (secondary N) is 3. The molecule has 0 bridgehead atoms. The number of hydrogen-bond acceptors (Lipinski definition) is 5. The maximum absolute atomic E-state index is 11.1. The molecule has 16 heavy (non-hydrogen) atoms. The molecule has 5 heteroatoms. The Labute approximate surface area is 98.0 Å². The number of Topliss-reactive ketones (excluding diaryl/α,β-unsaturated/α-hetero) is 1. The van der Waals surface area contributed by atoms with Gasteiger partial charge in [-0.25, -0.2) is 0 Å². The zero-order valence-corrected chi connectivity index (χ0v) is 10.2. The molecule has 0 atom stereocenters. The van der Waals surface area contributed by atoms with E-state index in [9.17, 15) is 4.79 Å². The zero-order valence-electron chi connectivity index (χ0n) is 10.2. The van der Waals surface area contributed by atoms with Crippen LogP contribution in [0.25, 0.3) is 0 Å². The molecule has 1 fully saturated rings. The fourth-order valence-corrected chi connectivity index (χ4v) is 1.79. The Morgan fingerprint density at radius 2 is 1.38 bits per heavy atom.